The predicted molar refractivity (Wildman–Crippen MR) is 126 cm³/mol. The molecule has 2 unspecified atom stereocenters. The second-order valence-corrected chi connectivity index (χ2v) is 8.26. The Morgan fingerprint density at radius 2 is 1.79 bits per heavy atom. The number of ether oxygens (including phenoxy) is 1. The number of likely N-dealkylation sites (tertiary alicyclic amines) is 1. The lowest BCUT2D eigenvalue weighted by atomic mass is 10.1. The predicted octanol–water partition coefficient (Wildman–Crippen LogP) is 0.938. The van der Waals surface area contributed by atoms with E-state index in [1.165, 1.54) is 4.90 Å². The molecule has 10 heteroatoms. The fraction of sp³-hybridized carbons (Fsp3) is 0.333. The van der Waals surface area contributed by atoms with Crippen LogP contribution in [0, 0.1) is 5.41 Å². The number of morpholine rings is 1. The molecule has 2 atom stereocenters. The number of amides is 3. The first-order chi connectivity index (χ1) is 16.3. The van der Waals surface area contributed by atoms with Gasteiger partial charge in [-0.05, 0) is 55.3 Å². The maximum Gasteiger partial charge on any atom is 0.259 e. The van der Waals surface area contributed by atoms with E-state index in [1.807, 2.05) is 0 Å². The fourth-order valence-electron chi connectivity index (χ4n) is 4.09. The minimum absolute atomic E-state index is 0.0770. The Morgan fingerprint density at radius 1 is 1.09 bits per heavy atom. The molecule has 0 aliphatic carbocycles. The Kier molecular flexibility index (Phi) is 6.90. The number of anilines is 2. The van der Waals surface area contributed by atoms with E-state index < -0.39 is 24.0 Å². The summed E-state index contributed by atoms with van der Waals surface area (Å²) < 4.78 is 5.45. The molecule has 2 aliphatic rings. The molecule has 2 aliphatic heterocycles. The smallest absolute Gasteiger partial charge is 0.259 e. The van der Waals surface area contributed by atoms with E-state index >= 15 is 0 Å². The Bertz CT molecular complexity index is 1100. The van der Waals surface area contributed by atoms with E-state index in [1.54, 1.807) is 53.4 Å². The summed E-state index contributed by atoms with van der Waals surface area (Å²) in [5, 5.41) is 20.5. The molecule has 0 aromatic heterocycles. The second-order valence-electron chi connectivity index (χ2n) is 8.26. The molecular weight excluding hydrogens is 438 g/mol. The number of nitrogens with one attached hydrogen (secondary N) is 2. The summed E-state index contributed by atoms with van der Waals surface area (Å²) in [6.45, 7) is 1.80. The van der Waals surface area contributed by atoms with Crippen LogP contribution in [0.3, 0.4) is 0 Å². The van der Waals surface area contributed by atoms with Gasteiger partial charge in [0.1, 0.15) is 5.84 Å². The van der Waals surface area contributed by atoms with Gasteiger partial charge in [-0.1, -0.05) is 6.07 Å². The van der Waals surface area contributed by atoms with E-state index in [2.05, 4.69) is 5.32 Å². The van der Waals surface area contributed by atoms with Gasteiger partial charge in [0.25, 0.3) is 17.7 Å². The molecule has 2 heterocycles. The number of aliphatic hydroxyl groups is 1. The quantitative estimate of drug-likeness (QED) is 0.368. The zero-order valence-corrected chi connectivity index (χ0v) is 18.6. The molecule has 4 rings (SSSR count). The van der Waals surface area contributed by atoms with Crippen molar-refractivity contribution in [3.8, 4) is 0 Å². The minimum atomic E-state index is -1.74. The third kappa shape index (κ3) is 4.92. The molecule has 178 valence electrons. The summed E-state index contributed by atoms with van der Waals surface area (Å²) >= 11 is 0. The number of rotatable bonds is 6. The molecule has 5 N–H and O–H groups in total. The average Bonchev–Trinajstić information content (AvgIpc) is 3.39. The Balaban J connectivity index is 1.45. The summed E-state index contributed by atoms with van der Waals surface area (Å²) in [6, 6.07) is 13.0. The molecule has 2 aromatic carbocycles. The Labute approximate surface area is 196 Å². The van der Waals surface area contributed by atoms with Crippen LogP contribution in [0.2, 0.25) is 0 Å². The van der Waals surface area contributed by atoms with Crippen LogP contribution in [-0.4, -0.2) is 72.0 Å². The monoisotopic (exact) mass is 465 g/mol. The van der Waals surface area contributed by atoms with Crippen molar-refractivity contribution in [1.82, 2.24) is 4.90 Å². The molecule has 2 fully saturated rings. The molecule has 0 radical (unpaired) electrons. The highest BCUT2D eigenvalue weighted by atomic mass is 16.5. The van der Waals surface area contributed by atoms with E-state index in [0.717, 1.165) is 25.9 Å². The second kappa shape index (κ2) is 10.0. The first kappa shape index (κ1) is 23.4. The van der Waals surface area contributed by atoms with Crippen molar-refractivity contribution in [3.63, 3.8) is 0 Å². The van der Waals surface area contributed by atoms with Crippen LogP contribution in [0.5, 0.6) is 0 Å². The first-order valence-corrected chi connectivity index (χ1v) is 11.1. The van der Waals surface area contributed by atoms with Gasteiger partial charge in [0, 0.05) is 42.1 Å². The molecular formula is C24H27N5O5. The van der Waals surface area contributed by atoms with Gasteiger partial charge in [0.2, 0.25) is 0 Å². The molecule has 0 spiro atoms. The zero-order valence-electron chi connectivity index (χ0n) is 18.6. The van der Waals surface area contributed by atoms with Gasteiger partial charge < -0.3 is 30.7 Å². The lowest BCUT2D eigenvalue weighted by Crippen LogP contribution is -2.55. The number of hydrogen-bond donors (Lipinski definition) is 4. The SMILES string of the molecule is N=C(N)c1ccc(NC(=O)C(O)C2OCCN(c3cccc(C(=O)N4CCCC4)c3)C2=O)cc1. The number of carbonyl (C=O) groups excluding carboxylic acids is 3. The molecule has 10 nitrogen and oxygen atoms in total. The average molecular weight is 466 g/mol. The molecule has 0 saturated carbocycles. The van der Waals surface area contributed by atoms with Crippen molar-refractivity contribution in [2.24, 2.45) is 5.73 Å². The molecule has 3 amide bonds. The summed E-state index contributed by atoms with van der Waals surface area (Å²) in [5.74, 6) is -1.54. The minimum Gasteiger partial charge on any atom is -0.384 e. The van der Waals surface area contributed by atoms with Gasteiger partial charge in [-0.25, -0.2) is 0 Å². The highest BCUT2D eigenvalue weighted by Crippen LogP contribution is 2.23. The number of nitrogen functional groups attached to an aromatic ring is 1. The molecule has 0 bridgehead atoms. The third-order valence-corrected chi connectivity index (χ3v) is 5.94. The van der Waals surface area contributed by atoms with Crippen molar-refractivity contribution in [1.29, 1.82) is 5.41 Å². The standard InChI is InChI=1S/C24H27N5O5/c25-21(26)15-6-8-17(9-7-15)27-22(31)19(30)20-24(33)29(12-13-34-20)18-5-3-4-16(14-18)23(32)28-10-1-2-11-28/h3-9,14,19-20,30H,1-2,10-13H2,(H3,25,26)(H,27,31). The third-order valence-electron chi connectivity index (χ3n) is 5.94. The molecule has 2 aromatic rings. The summed E-state index contributed by atoms with van der Waals surface area (Å²) in [6.07, 6.45) is -1.16. The molecule has 34 heavy (non-hydrogen) atoms. The lowest BCUT2D eigenvalue weighted by Gasteiger charge is -2.34. The van der Waals surface area contributed by atoms with Crippen LogP contribution in [0.1, 0.15) is 28.8 Å². The van der Waals surface area contributed by atoms with Gasteiger partial charge in [-0.3, -0.25) is 19.8 Å². The normalized spacial score (nSPS) is 19.1. The van der Waals surface area contributed by atoms with Gasteiger partial charge in [-0.2, -0.15) is 0 Å². The maximum absolute atomic E-state index is 13.1. The lowest BCUT2D eigenvalue weighted by molar-refractivity contribution is -0.150. The summed E-state index contributed by atoms with van der Waals surface area (Å²) in [4.78, 5) is 41.6. The highest BCUT2D eigenvalue weighted by Gasteiger charge is 2.39. The van der Waals surface area contributed by atoms with Crippen LogP contribution >= 0.6 is 0 Å². The van der Waals surface area contributed by atoms with Crippen LogP contribution in [-0.2, 0) is 14.3 Å². The summed E-state index contributed by atoms with van der Waals surface area (Å²) in [7, 11) is 0. The van der Waals surface area contributed by atoms with Gasteiger partial charge in [-0.15, -0.1) is 0 Å². The van der Waals surface area contributed by atoms with E-state index in [0.29, 0.717) is 22.5 Å². The van der Waals surface area contributed by atoms with Crippen molar-refractivity contribution < 1.29 is 24.2 Å². The number of nitrogens with zero attached hydrogens (tertiary/aromatic N) is 2. The summed E-state index contributed by atoms with van der Waals surface area (Å²) in [5.41, 5.74) is 7.29. The molecule has 2 saturated heterocycles. The highest BCUT2D eigenvalue weighted by molar-refractivity contribution is 6.05. The largest absolute Gasteiger partial charge is 0.384 e. The van der Waals surface area contributed by atoms with Crippen molar-refractivity contribution >= 4 is 34.9 Å². The van der Waals surface area contributed by atoms with Crippen LogP contribution in [0.25, 0.3) is 0 Å². The maximum atomic E-state index is 13.1. The fourth-order valence-corrected chi connectivity index (χ4v) is 4.09. The van der Waals surface area contributed by atoms with E-state index in [-0.39, 0.29) is 24.9 Å². The number of carbonyl (C=O) groups is 3. The number of hydrogen-bond acceptors (Lipinski definition) is 6. The van der Waals surface area contributed by atoms with E-state index in [9.17, 15) is 19.5 Å². The zero-order chi connectivity index (χ0) is 24.2. The van der Waals surface area contributed by atoms with Crippen molar-refractivity contribution in [3.05, 3.63) is 59.7 Å². The Morgan fingerprint density at radius 3 is 2.47 bits per heavy atom. The van der Waals surface area contributed by atoms with Crippen LogP contribution in [0.4, 0.5) is 11.4 Å². The Hall–Kier alpha value is -3.76. The van der Waals surface area contributed by atoms with Crippen LogP contribution < -0.4 is 16.0 Å². The number of aliphatic hydroxyl groups excluding tert-OH is 1. The number of amidine groups is 1. The van der Waals surface area contributed by atoms with Gasteiger partial charge in [0.05, 0.1) is 6.61 Å². The number of benzene rings is 2. The first-order valence-electron chi connectivity index (χ1n) is 11.1. The van der Waals surface area contributed by atoms with E-state index in [4.69, 9.17) is 15.9 Å². The number of nitrogens with two attached hydrogens (primary N) is 1. The van der Waals surface area contributed by atoms with Gasteiger partial charge in [0.15, 0.2) is 12.2 Å². The van der Waals surface area contributed by atoms with Crippen molar-refractivity contribution in [2.75, 3.05) is 36.5 Å². The van der Waals surface area contributed by atoms with Crippen LogP contribution in [0.15, 0.2) is 48.5 Å². The topological polar surface area (TPSA) is 149 Å². The van der Waals surface area contributed by atoms with Gasteiger partial charge >= 0.3 is 0 Å². The van der Waals surface area contributed by atoms with Crippen molar-refractivity contribution in [2.45, 2.75) is 25.0 Å².